The maximum atomic E-state index is 12.0. The lowest BCUT2D eigenvalue weighted by Gasteiger charge is -2.09. The Morgan fingerprint density at radius 3 is 2.55 bits per heavy atom. The Balaban J connectivity index is 2.03. The Bertz CT molecular complexity index is 606. The fraction of sp³-hybridized carbons (Fsp3) is 0.188. The fourth-order valence-electron chi connectivity index (χ4n) is 1.86. The lowest BCUT2D eigenvalue weighted by Crippen LogP contribution is -2.22. The number of hydrogen-bond acceptors (Lipinski definition) is 3. The number of hydrogen-bond donors (Lipinski definition) is 2. The number of rotatable bonds is 4. The minimum Gasteiger partial charge on any atom is -0.508 e. The minimum atomic E-state index is -0.156. The van der Waals surface area contributed by atoms with E-state index in [1.807, 2.05) is 13.0 Å². The van der Waals surface area contributed by atoms with E-state index in [1.165, 1.54) is 0 Å². The topological polar surface area (TPSA) is 58.6 Å². The van der Waals surface area contributed by atoms with Crippen LogP contribution in [0.2, 0.25) is 0 Å². The first-order valence-electron chi connectivity index (χ1n) is 6.31. The van der Waals surface area contributed by atoms with E-state index in [0.29, 0.717) is 17.9 Å². The van der Waals surface area contributed by atoms with Crippen LogP contribution < -0.4 is 10.1 Å². The van der Waals surface area contributed by atoms with Gasteiger partial charge in [-0.3, -0.25) is 4.79 Å². The van der Waals surface area contributed by atoms with E-state index < -0.39 is 0 Å². The van der Waals surface area contributed by atoms with Gasteiger partial charge in [-0.1, -0.05) is 18.2 Å². The van der Waals surface area contributed by atoms with Gasteiger partial charge in [0.2, 0.25) is 0 Å². The third-order valence-electron chi connectivity index (χ3n) is 3.06. The van der Waals surface area contributed by atoms with Gasteiger partial charge in [-0.15, -0.1) is 0 Å². The highest BCUT2D eigenvalue weighted by Crippen LogP contribution is 2.19. The molecule has 0 atom stereocenters. The van der Waals surface area contributed by atoms with Gasteiger partial charge in [0, 0.05) is 12.1 Å². The van der Waals surface area contributed by atoms with Crippen LogP contribution in [-0.2, 0) is 6.54 Å². The van der Waals surface area contributed by atoms with Crippen LogP contribution in [0.3, 0.4) is 0 Å². The molecule has 104 valence electrons. The predicted molar refractivity (Wildman–Crippen MR) is 77.0 cm³/mol. The molecule has 0 aliphatic carbocycles. The summed E-state index contributed by atoms with van der Waals surface area (Å²) in [6.07, 6.45) is 0. The highest BCUT2D eigenvalue weighted by molar-refractivity contribution is 5.94. The lowest BCUT2D eigenvalue weighted by molar-refractivity contribution is 0.0950. The summed E-state index contributed by atoms with van der Waals surface area (Å²) >= 11 is 0. The van der Waals surface area contributed by atoms with Crippen LogP contribution in [0, 0.1) is 6.92 Å². The molecule has 0 bridgehead atoms. The molecule has 4 heteroatoms. The monoisotopic (exact) mass is 271 g/mol. The number of phenols is 1. The van der Waals surface area contributed by atoms with Crippen LogP contribution >= 0.6 is 0 Å². The number of aromatic hydroxyl groups is 1. The number of aryl methyl sites for hydroxylation is 1. The normalized spacial score (nSPS) is 10.1. The first-order valence-corrected chi connectivity index (χ1v) is 6.31. The number of nitrogens with one attached hydrogen (secondary N) is 1. The summed E-state index contributed by atoms with van der Waals surface area (Å²) in [6.45, 7) is 2.34. The average molecular weight is 271 g/mol. The first kappa shape index (κ1) is 13.9. The number of amides is 1. The molecule has 0 saturated carbocycles. The van der Waals surface area contributed by atoms with Gasteiger partial charge < -0.3 is 15.2 Å². The molecule has 20 heavy (non-hydrogen) atoms. The number of methoxy groups -OCH3 is 1. The van der Waals surface area contributed by atoms with Crippen LogP contribution in [0.5, 0.6) is 11.5 Å². The van der Waals surface area contributed by atoms with Crippen LogP contribution in [0.1, 0.15) is 21.5 Å². The molecule has 0 heterocycles. The van der Waals surface area contributed by atoms with Crippen molar-refractivity contribution in [2.24, 2.45) is 0 Å². The molecule has 0 aliphatic heterocycles. The van der Waals surface area contributed by atoms with Gasteiger partial charge in [-0.2, -0.15) is 0 Å². The van der Waals surface area contributed by atoms with Crippen molar-refractivity contribution in [1.29, 1.82) is 0 Å². The van der Waals surface area contributed by atoms with E-state index in [1.54, 1.807) is 43.5 Å². The van der Waals surface area contributed by atoms with E-state index in [9.17, 15) is 9.90 Å². The highest BCUT2D eigenvalue weighted by Gasteiger charge is 2.08. The Morgan fingerprint density at radius 2 is 1.90 bits per heavy atom. The molecule has 0 radical (unpaired) electrons. The maximum absolute atomic E-state index is 12.0. The summed E-state index contributed by atoms with van der Waals surface area (Å²) in [6, 6.07) is 12.1. The summed E-state index contributed by atoms with van der Waals surface area (Å²) in [7, 11) is 1.58. The first-order chi connectivity index (χ1) is 9.60. The number of carbonyl (C=O) groups is 1. The number of carbonyl (C=O) groups excluding carboxylic acids is 1. The molecule has 0 saturated heterocycles. The molecular weight excluding hydrogens is 254 g/mol. The standard InChI is InChI=1S/C16H17NO3/c1-11-3-6-13(9-15(11)20-2)16(19)17-10-12-4-7-14(18)8-5-12/h3-9,18H,10H2,1-2H3,(H,17,19). The largest absolute Gasteiger partial charge is 0.508 e. The van der Waals surface area contributed by atoms with Gasteiger partial charge in [0.15, 0.2) is 0 Å². The lowest BCUT2D eigenvalue weighted by atomic mass is 10.1. The molecule has 0 aliphatic rings. The molecule has 0 spiro atoms. The van der Waals surface area contributed by atoms with Crippen LogP contribution in [0.4, 0.5) is 0 Å². The molecule has 1 amide bonds. The Kier molecular flexibility index (Phi) is 4.25. The van der Waals surface area contributed by atoms with Crippen molar-refractivity contribution in [3.8, 4) is 11.5 Å². The van der Waals surface area contributed by atoms with Gasteiger partial charge >= 0.3 is 0 Å². The smallest absolute Gasteiger partial charge is 0.251 e. The van der Waals surface area contributed by atoms with Gasteiger partial charge in [-0.05, 0) is 42.3 Å². The molecule has 2 rings (SSSR count). The third kappa shape index (κ3) is 3.29. The minimum absolute atomic E-state index is 0.156. The predicted octanol–water partition coefficient (Wildman–Crippen LogP) is 2.64. The number of benzene rings is 2. The van der Waals surface area contributed by atoms with Crippen molar-refractivity contribution in [2.45, 2.75) is 13.5 Å². The number of phenolic OH excluding ortho intramolecular Hbond substituents is 1. The zero-order chi connectivity index (χ0) is 14.5. The van der Waals surface area contributed by atoms with Crippen molar-refractivity contribution in [3.05, 3.63) is 59.2 Å². The summed E-state index contributed by atoms with van der Waals surface area (Å²) in [5, 5.41) is 12.0. The van der Waals surface area contributed by atoms with Crippen molar-refractivity contribution >= 4 is 5.91 Å². The Labute approximate surface area is 118 Å². The highest BCUT2D eigenvalue weighted by atomic mass is 16.5. The zero-order valence-electron chi connectivity index (χ0n) is 11.5. The second-order valence-corrected chi connectivity index (χ2v) is 4.53. The SMILES string of the molecule is COc1cc(C(=O)NCc2ccc(O)cc2)ccc1C. The van der Waals surface area contributed by atoms with E-state index in [0.717, 1.165) is 11.1 Å². The molecule has 2 N–H and O–H groups in total. The van der Waals surface area contributed by atoms with Gasteiger partial charge in [0.25, 0.3) is 5.91 Å². The second kappa shape index (κ2) is 6.10. The van der Waals surface area contributed by atoms with Crippen molar-refractivity contribution < 1.29 is 14.6 Å². The Hall–Kier alpha value is -2.49. The molecule has 2 aromatic rings. The summed E-state index contributed by atoms with van der Waals surface area (Å²) in [5.41, 5.74) is 2.48. The average Bonchev–Trinajstić information content (AvgIpc) is 2.47. The van der Waals surface area contributed by atoms with E-state index in [4.69, 9.17) is 4.74 Å². The summed E-state index contributed by atoms with van der Waals surface area (Å²) < 4.78 is 5.20. The van der Waals surface area contributed by atoms with Gasteiger partial charge in [-0.25, -0.2) is 0 Å². The molecule has 0 unspecified atom stereocenters. The molecular formula is C16H17NO3. The van der Waals surface area contributed by atoms with Crippen molar-refractivity contribution in [2.75, 3.05) is 7.11 Å². The fourth-order valence-corrected chi connectivity index (χ4v) is 1.86. The summed E-state index contributed by atoms with van der Waals surface area (Å²) in [5.74, 6) is 0.752. The van der Waals surface area contributed by atoms with E-state index >= 15 is 0 Å². The molecule has 2 aromatic carbocycles. The van der Waals surface area contributed by atoms with Crippen molar-refractivity contribution in [3.63, 3.8) is 0 Å². The van der Waals surface area contributed by atoms with E-state index in [-0.39, 0.29) is 11.7 Å². The van der Waals surface area contributed by atoms with Crippen molar-refractivity contribution in [1.82, 2.24) is 5.32 Å². The quantitative estimate of drug-likeness (QED) is 0.898. The molecule has 0 aromatic heterocycles. The second-order valence-electron chi connectivity index (χ2n) is 4.53. The molecule has 4 nitrogen and oxygen atoms in total. The summed E-state index contributed by atoms with van der Waals surface area (Å²) in [4.78, 5) is 12.0. The van der Waals surface area contributed by atoms with E-state index in [2.05, 4.69) is 5.32 Å². The van der Waals surface area contributed by atoms with Gasteiger partial charge in [0.05, 0.1) is 7.11 Å². The van der Waals surface area contributed by atoms with Crippen LogP contribution in [-0.4, -0.2) is 18.1 Å². The van der Waals surface area contributed by atoms with Gasteiger partial charge in [0.1, 0.15) is 11.5 Å². The maximum Gasteiger partial charge on any atom is 0.251 e. The number of ether oxygens (including phenoxy) is 1. The zero-order valence-corrected chi connectivity index (χ0v) is 11.5. The Morgan fingerprint density at radius 1 is 1.20 bits per heavy atom. The van der Waals surface area contributed by atoms with Crippen LogP contribution in [0.15, 0.2) is 42.5 Å². The molecule has 0 fully saturated rings. The van der Waals surface area contributed by atoms with Crippen LogP contribution in [0.25, 0.3) is 0 Å². The third-order valence-corrected chi connectivity index (χ3v) is 3.06.